The Bertz CT molecular complexity index is 540. The molecule has 5 unspecified atom stereocenters. The minimum absolute atomic E-state index is 0.492. The molecule has 0 spiro atoms. The SMILES string of the molecule is CC(C)CCC[C@H](C)[C@H]1CCC2C3CCC4CC(N)CC[C@]4(C)C3CC[C@@]21C. The third kappa shape index (κ3) is 3.50. The molecule has 4 saturated carbocycles. The lowest BCUT2D eigenvalue weighted by Crippen LogP contribution is -2.54. The number of nitrogens with two attached hydrogens (primary N) is 1. The molecule has 0 aromatic carbocycles. The third-order valence-corrected chi connectivity index (χ3v) is 10.9. The van der Waals surface area contributed by atoms with Crippen molar-refractivity contribution in [2.75, 3.05) is 0 Å². The second-order valence-electron chi connectivity index (χ2n) is 12.7. The van der Waals surface area contributed by atoms with E-state index in [1.165, 1.54) is 77.0 Å². The van der Waals surface area contributed by atoms with E-state index in [0.717, 1.165) is 41.4 Å². The molecular formula is C27H49N. The van der Waals surface area contributed by atoms with Crippen molar-refractivity contribution in [3.63, 3.8) is 0 Å². The summed E-state index contributed by atoms with van der Waals surface area (Å²) >= 11 is 0. The Morgan fingerprint density at radius 3 is 2.29 bits per heavy atom. The summed E-state index contributed by atoms with van der Waals surface area (Å²) in [6.45, 7) is 12.8. The summed E-state index contributed by atoms with van der Waals surface area (Å²) in [6, 6.07) is 0.492. The molecule has 1 heteroatoms. The first-order valence-corrected chi connectivity index (χ1v) is 13.0. The third-order valence-electron chi connectivity index (χ3n) is 10.9. The van der Waals surface area contributed by atoms with Gasteiger partial charge in [0.25, 0.3) is 0 Å². The monoisotopic (exact) mass is 387 g/mol. The van der Waals surface area contributed by atoms with Gasteiger partial charge in [-0.25, -0.2) is 0 Å². The number of fused-ring (bicyclic) bond motifs is 5. The molecule has 28 heavy (non-hydrogen) atoms. The molecular weight excluding hydrogens is 338 g/mol. The van der Waals surface area contributed by atoms with E-state index in [4.69, 9.17) is 5.73 Å². The highest BCUT2D eigenvalue weighted by atomic mass is 14.7. The van der Waals surface area contributed by atoms with Crippen LogP contribution in [0.4, 0.5) is 0 Å². The van der Waals surface area contributed by atoms with Crippen molar-refractivity contribution in [2.24, 2.45) is 58.0 Å². The van der Waals surface area contributed by atoms with E-state index in [9.17, 15) is 0 Å². The van der Waals surface area contributed by atoms with Crippen molar-refractivity contribution in [3.8, 4) is 0 Å². The predicted molar refractivity (Wildman–Crippen MR) is 121 cm³/mol. The fraction of sp³-hybridized carbons (Fsp3) is 1.00. The fourth-order valence-corrected chi connectivity index (χ4v) is 9.32. The highest BCUT2D eigenvalue weighted by Crippen LogP contribution is 2.68. The van der Waals surface area contributed by atoms with Crippen molar-refractivity contribution < 1.29 is 0 Å². The van der Waals surface area contributed by atoms with Gasteiger partial charge in [-0.05, 0) is 110 Å². The Hall–Kier alpha value is -0.0400. The van der Waals surface area contributed by atoms with Gasteiger partial charge in [-0.3, -0.25) is 0 Å². The molecule has 0 aromatic heterocycles. The Morgan fingerprint density at radius 2 is 1.54 bits per heavy atom. The maximum atomic E-state index is 6.39. The molecule has 162 valence electrons. The van der Waals surface area contributed by atoms with Crippen LogP contribution in [-0.4, -0.2) is 6.04 Å². The average Bonchev–Trinajstić information content (AvgIpc) is 2.99. The van der Waals surface area contributed by atoms with Gasteiger partial charge in [0.05, 0.1) is 0 Å². The zero-order valence-electron chi connectivity index (χ0n) is 19.7. The van der Waals surface area contributed by atoms with E-state index in [1.54, 1.807) is 0 Å². The van der Waals surface area contributed by atoms with Crippen LogP contribution in [0.3, 0.4) is 0 Å². The van der Waals surface area contributed by atoms with E-state index in [-0.39, 0.29) is 0 Å². The molecule has 0 heterocycles. The fourth-order valence-electron chi connectivity index (χ4n) is 9.32. The van der Waals surface area contributed by atoms with Crippen LogP contribution in [-0.2, 0) is 0 Å². The zero-order chi connectivity index (χ0) is 20.1. The molecule has 4 rings (SSSR count). The van der Waals surface area contributed by atoms with Crippen molar-refractivity contribution in [3.05, 3.63) is 0 Å². The van der Waals surface area contributed by atoms with Gasteiger partial charge in [-0.2, -0.15) is 0 Å². The highest BCUT2D eigenvalue weighted by Gasteiger charge is 2.60. The second kappa shape index (κ2) is 7.90. The van der Waals surface area contributed by atoms with Crippen LogP contribution in [0.25, 0.3) is 0 Å². The summed E-state index contributed by atoms with van der Waals surface area (Å²) in [5.41, 5.74) is 7.64. The number of hydrogen-bond acceptors (Lipinski definition) is 1. The first-order valence-electron chi connectivity index (χ1n) is 13.0. The summed E-state index contributed by atoms with van der Waals surface area (Å²) in [5.74, 6) is 6.79. The largest absolute Gasteiger partial charge is 0.328 e. The summed E-state index contributed by atoms with van der Waals surface area (Å²) < 4.78 is 0. The Balaban J connectivity index is 1.46. The van der Waals surface area contributed by atoms with Crippen LogP contribution in [0.1, 0.15) is 112 Å². The zero-order valence-corrected chi connectivity index (χ0v) is 19.7. The van der Waals surface area contributed by atoms with Crippen LogP contribution in [0.15, 0.2) is 0 Å². The molecule has 0 radical (unpaired) electrons. The normalized spacial score (nSPS) is 49.4. The molecule has 0 saturated heterocycles. The minimum atomic E-state index is 0.492. The lowest BCUT2D eigenvalue weighted by Gasteiger charge is -2.61. The van der Waals surface area contributed by atoms with Crippen molar-refractivity contribution in [1.82, 2.24) is 0 Å². The Labute approximate surface area is 176 Å². The first kappa shape index (κ1) is 21.2. The van der Waals surface area contributed by atoms with Crippen molar-refractivity contribution in [2.45, 2.75) is 118 Å². The lowest BCUT2D eigenvalue weighted by atomic mass is 9.44. The van der Waals surface area contributed by atoms with Gasteiger partial charge in [0.15, 0.2) is 0 Å². The van der Waals surface area contributed by atoms with E-state index < -0.39 is 0 Å². The molecule has 1 nitrogen and oxygen atoms in total. The summed E-state index contributed by atoms with van der Waals surface area (Å²) in [4.78, 5) is 0. The topological polar surface area (TPSA) is 26.0 Å². The number of rotatable bonds is 5. The molecule has 0 amide bonds. The van der Waals surface area contributed by atoms with E-state index in [1.807, 2.05) is 0 Å². The Kier molecular flexibility index (Phi) is 5.98. The van der Waals surface area contributed by atoms with Gasteiger partial charge < -0.3 is 5.73 Å². The second-order valence-corrected chi connectivity index (χ2v) is 12.7. The molecule has 0 aromatic rings. The summed E-state index contributed by atoms with van der Waals surface area (Å²) in [6.07, 6.45) is 17.5. The maximum Gasteiger partial charge on any atom is 0.00418 e. The molecule has 0 aliphatic heterocycles. The molecule has 9 atom stereocenters. The van der Waals surface area contributed by atoms with Crippen LogP contribution >= 0.6 is 0 Å². The van der Waals surface area contributed by atoms with Gasteiger partial charge in [0.1, 0.15) is 0 Å². The van der Waals surface area contributed by atoms with Gasteiger partial charge in [0.2, 0.25) is 0 Å². The molecule has 4 aliphatic carbocycles. The quantitative estimate of drug-likeness (QED) is 0.521. The van der Waals surface area contributed by atoms with Gasteiger partial charge in [-0.1, -0.05) is 53.9 Å². The van der Waals surface area contributed by atoms with E-state index in [0.29, 0.717) is 16.9 Å². The average molecular weight is 388 g/mol. The summed E-state index contributed by atoms with van der Waals surface area (Å²) in [7, 11) is 0. The highest BCUT2D eigenvalue weighted by molar-refractivity contribution is 5.09. The Morgan fingerprint density at radius 1 is 0.821 bits per heavy atom. The molecule has 0 bridgehead atoms. The molecule has 2 N–H and O–H groups in total. The predicted octanol–water partition coefficient (Wildman–Crippen LogP) is 7.44. The number of hydrogen-bond donors (Lipinski definition) is 1. The van der Waals surface area contributed by atoms with Gasteiger partial charge in [-0.15, -0.1) is 0 Å². The smallest absolute Gasteiger partial charge is 0.00418 e. The maximum absolute atomic E-state index is 6.39. The molecule has 4 fully saturated rings. The van der Waals surface area contributed by atoms with Gasteiger partial charge in [0, 0.05) is 6.04 Å². The van der Waals surface area contributed by atoms with Crippen LogP contribution in [0.2, 0.25) is 0 Å². The summed E-state index contributed by atoms with van der Waals surface area (Å²) in [5, 5.41) is 0. The van der Waals surface area contributed by atoms with Crippen molar-refractivity contribution >= 4 is 0 Å². The van der Waals surface area contributed by atoms with Crippen LogP contribution < -0.4 is 5.73 Å². The standard InChI is InChI=1S/C27H49N/c1-18(2)7-6-8-19(3)23-11-12-24-22-10-9-20-17-21(28)13-15-26(20,4)25(22)14-16-27(23,24)5/h18-25H,6-17,28H2,1-5H3/t19-,20?,21?,22?,23+,24?,25?,26-,27+/m0/s1. The van der Waals surface area contributed by atoms with Crippen molar-refractivity contribution in [1.29, 1.82) is 0 Å². The van der Waals surface area contributed by atoms with Gasteiger partial charge >= 0.3 is 0 Å². The first-order chi connectivity index (χ1) is 13.3. The lowest BCUT2D eigenvalue weighted by molar-refractivity contribution is -0.116. The van der Waals surface area contributed by atoms with E-state index >= 15 is 0 Å². The van der Waals surface area contributed by atoms with E-state index in [2.05, 4.69) is 34.6 Å². The molecule has 4 aliphatic rings. The van der Waals surface area contributed by atoms with Crippen LogP contribution in [0.5, 0.6) is 0 Å². The van der Waals surface area contributed by atoms with Crippen LogP contribution in [0, 0.1) is 52.3 Å². The minimum Gasteiger partial charge on any atom is -0.328 e.